The van der Waals surface area contributed by atoms with Gasteiger partial charge >= 0.3 is 11.9 Å². The maximum Gasteiger partial charge on any atom is 0.331 e. The Morgan fingerprint density at radius 3 is 1.13 bits per heavy atom. The van der Waals surface area contributed by atoms with Gasteiger partial charge in [-0.2, -0.15) is 0 Å². The van der Waals surface area contributed by atoms with Gasteiger partial charge in [-0.15, -0.1) is 0 Å². The molecular weight excluding hydrogens is 704 g/mol. The van der Waals surface area contributed by atoms with Crippen molar-refractivity contribution in [3.05, 3.63) is 132 Å². The van der Waals surface area contributed by atoms with Crippen LogP contribution in [0.1, 0.15) is 38.8 Å². The minimum Gasteiger partial charge on any atom is -0.491 e. The second-order valence-corrected chi connectivity index (χ2v) is 10.6. The molecule has 2 unspecified atom stereocenters. The topological polar surface area (TPSA) is 165 Å². The first-order valence-corrected chi connectivity index (χ1v) is 18.2. The minimum atomic E-state index is -0.933. The Kier molecular flexibility index (Phi) is 37.0. The Morgan fingerprint density at radius 1 is 0.545 bits per heavy atom. The molecule has 0 saturated heterocycles. The van der Waals surface area contributed by atoms with Gasteiger partial charge in [0.25, 0.3) is 0 Å². The number of para-hydroxylation sites is 2. The number of ether oxygens (including phenoxy) is 5. The van der Waals surface area contributed by atoms with Gasteiger partial charge in [0.05, 0.1) is 7.11 Å². The van der Waals surface area contributed by atoms with E-state index in [-0.39, 0.29) is 19.2 Å². The number of aliphatic hydroxyl groups excluding tert-OH is 2. The summed E-state index contributed by atoms with van der Waals surface area (Å²) in [5.74, 6) is 0.286. The molecule has 0 bridgehead atoms. The number of hydrogen-bond donors (Lipinski definition) is 5. The van der Waals surface area contributed by atoms with Crippen molar-refractivity contribution >= 4 is 11.9 Å². The summed E-state index contributed by atoms with van der Waals surface area (Å²) in [5.41, 5.74) is 2.41. The minimum absolute atomic E-state index is 0.0382. The van der Waals surface area contributed by atoms with Crippen molar-refractivity contribution in [2.24, 2.45) is 0 Å². The summed E-state index contributed by atoms with van der Waals surface area (Å²) < 4.78 is 23.8. The van der Waals surface area contributed by atoms with Gasteiger partial charge in [-0.05, 0) is 35.4 Å². The number of hydrogen-bond acceptors (Lipinski definition) is 11. The van der Waals surface area contributed by atoms with Crippen molar-refractivity contribution in [2.75, 3.05) is 60.8 Å². The largest absolute Gasteiger partial charge is 0.491 e. The van der Waals surface area contributed by atoms with E-state index in [9.17, 15) is 19.8 Å². The van der Waals surface area contributed by atoms with Gasteiger partial charge in [0.1, 0.15) is 50.1 Å². The SMILES string of the molecule is CC.CC.COCC(=O)O.COCC(=O)OC.OC(CNCc1ccccc1)COc1ccccc1.OC(CNCc1ccccc1)COc1ccccc1. The fourth-order valence-electron chi connectivity index (χ4n) is 3.79. The molecule has 0 spiro atoms. The second kappa shape index (κ2) is 38.9. The smallest absolute Gasteiger partial charge is 0.331 e. The van der Waals surface area contributed by atoms with Crippen LogP contribution in [0.4, 0.5) is 0 Å². The Balaban J connectivity index is 0. The van der Waals surface area contributed by atoms with Crippen molar-refractivity contribution in [1.82, 2.24) is 10.6 Å². The first-order valence-electron chi connectivity index (χ1n) is 18.2. The monoisotopic (exact) mass is 768 g/mol. The van der Waals surface area contributed by atoms with Crippen LogP contribution in [0.3, 0.4) is 0 Å². The lowest BCUT2D eigenvalue weighted by molar-refractivity contribution is -0.145. The highest BCUT2D eigenvalue weighted by atomic mass is 16.6. The normalized spacial score (nSPS) is 10.5. The molecule has 4 aromatic carbocycles. The lowest BCUT2D eigenvalue weighted by Crippen LogP contribution is -2.31. The highest BCUT2D eigenvalue weighted by Crippen LogP contribution is 2.09. The van der Waals surface area contributed by atoms with Crippen molar-refractivity contribution < 1.29 is 48.6 Å². The predicted molar refractivity (Wildman–Crippen MR) is 218 cm³/mol. The fraction of sp³-hybridized carbons (Fsp3) is 0.395. The zero-order chi connectivity index (χ0) is 41.4. The van der Waals surface area contributed by atoms with Gasteiger partial charge in [-0.3, -0.25) is 0 Å². The zero-order valence-corrected chi connectivity index (χ0v) is 33.6. The number of carboxylic acid groups (broad SMARTS) is 1. The van der Waals surface area contributed by atoms with Crippen molar-refractivity contribution in [3.63, 3.8) is 0 Å². The van der Waals surface area contributed by atoms with E-state index >= 15 is 0 Å². The number of carboxylic acids is 1. The number of carbonyl (C=O) groups excluding carboxylic acids is 1. The highest BCUT2D eigenvalue weighted by Gasteiger charge is 2.06. The van der Waals surface area contributed by atoms with E-state index in [1.54, 1.807) is 0 Å². The van der Waals surface area contributed by atoms with Gasteiger partial charge in [0.15, 0.2) is 0 Å². The van der Waals surface area contributed by atoms with Crippen LogP contribution < -0.4 is 20.1 Å². The number of rotatable bonds is 18. The van der Waals surface area contributed by atoms with Crippen molar-refractivity contribution in [3.8, 4) is 11.5 Å². The van der Waals surface area contributed by atoms with E-state index in [0.29, 0.717) is 26.3 Å². The average Bonchev–Trinajstić information content (AvgIpc) is 3.23. The molecule has 55 heavy (non-hydrogen) atoms. The third-order valence-corrected chi connectivity index (χ3v) is 6.23. The van der Waals surface area contributed by atoms with Crippen LogP contribution in [-0.2, 0) is 36.9 Å². The number of aliphatic carboxylic acids is 1. The fourth-order valence-corrected chi connectivity index (χ4v) is 3.79. The molecule has 0 heterocycles. The highest BCUT2D eigenvalue weighted by molar-refractivity contribution is 5.70. The van der Waals surface area contributed by atoms with Gasteiger partial charge in [-0.1, -0.05) is 125 Å². The zero-order valence-electron chi connectivity index (χ0n) is 33.6. The lowest BCUT2D eigenvalue weighted by Gasteiger charge is -2.13. The Morgan fingerprint density at radius 2 is 0.873 bits per heavy atom. The third kappa shape index (κ3) is 33.5. The first kappa shape index (κ1) is 52.3. The van der Waals surface area contributed by atoms with Gasteiger partial charge in [0, 0.05) is 40.4 Å². The number of esters is 1. The molecule has 0 aromatic heterocycles. The van der Waals surface area contributed by atoms with Gasteiger partial charge in [0.2, 0.25) is 0 Å². The summed E-state index contributed by atoms with van der Waals surface area (Å²) in [6.07, 6.45) is -1.02. The molecule has 4 aromatic rings. The van der Waals surface area contributed by atoms with Gasteiger partial charge < -0.3 is 49.6 Å². The molecular formula is C43H64N2O10. The maximum atomic E-state index is 10.1. The number of nitrogens with one attached hydrogen (secondary N) is 2. The Hall–Kier alpha value is -4.82. The predicted octanol–water partition coefficient (Wildman–Crippen LogP) is 6.01. The van der Waals surface area contributed by atoms with E-state index in [1.165, 1.54) is 32.5 Å². The summed E-state index contributed by atoms with van der Waals surface area (Å²) in [6.45, 7) is 11.0. The van der Waals surface area contributed by atoms with Crippen LogP contribution in [0, 0.1) is 0 Å². The van der Waals surface area contributed by atoms with Crippen LogP contribution in [0.5, 0.6) is 11.5 Å². The summed E-state index contributed by atoms with van der Waals surface area (Å²) in [4.78, 5) is 19.5. The third-order valence-electron chi connectivity index (χ3n) is 6.23. The molecule has 0 amide bonds. The summed E-state index contributed by atoms with van der Waals surface area (Å²) >= 11 is 0. The van der Waals surface area contributed by atoms with E-state index in [1.807, 2.05) is 125 Å². The molecule has 0 aliphatic rings. The average molecular weight is 769 g/mol. The van der Waals surface area contributed by atoms with E-state index in [4.69, 9.17) is 14.6 Å². The van der Waals surface area contributed by atoms with E-state index in [2.05, 4.69) is 49.1 Å². The molecule has 0 aliphatic heterocycles. The molecule has 0 saturated carbocycles. The van der Waals surface area contributed by atoms with Gasteiger partial charge in [-0.25, -0.2) is 9.59 Å². The van der Waals surface area contributed by atoms with E-state index < -0.39 is 18.2 Å². The van der Waals surface area contributed by atoms with Crippen LogP contribution >= 0.6 is 0 Å². The molecule has 0 aliphatic carbocycles. The quantitative estimate of drug-likeness (QED) is 0.0751. The molecule has 5 N–H and O–H groups in total. The van der Waals surface area contributed by atoms with Crippen molar-refractivity contribution in [1.29, 1.82) is 0 Å². The summed E-state index contributed by atoms with van der Waals surface area (Å²) in [5, 5.41) is 33.8. The number of aliphatic hydroxyl groups is 2. The molecule has 12 heteroatoms. The van der Waals surface area contributed by atoms with Crippen LogP contribution in [0.2, 0.25) is 0 Å². The summed E-state index contributed by atoms with van der Waals surface area (Å²) in [6, 6.07) is 39.3. The molecule has 306 valence electrons. The standard InChI is InChI=1S/2C16H19NO2.C4H8O3.C3H6O3.2C2H6/c2*18-15(13-19-16-9-5-2-6-10-16)12-17-11-14-7-3-1-4-8-14;1-6-3-4(5)7-2;1-6-2-3(4)5;2*1-2/h2*1-10,15,17-18H,11-13H2;3H2,1-2H3;2H2,1H3,(H,4,5);2*1-2H3. The second-order valence-electron chi connectivity index (χ2n) is 10.6. The van der Waals surface area contributed by atoms with Crippen LogP contribution in [-0.4, -0.2) is 100 Å². The first-order chi connectivity index (χ1) is 26.8. The molecule has 12 nitrogen and oxygen atoms in total. The lowest BCUT2D eigenvalue weighted by atomic mass is 10.2. The van der Waals surface area contributed by atoms with Crippen molar-refractivity contribution in [2.45, 2.75) is 53.0 Å². The number of benzene rings is 4. The molecule has 4 rings (SSSR count). The summed E-state index contributed by atoms with van der Waals surface area (Å²) in [7, 11) is 4.10. The van der Waals surface area contributed by atoms with E-state index in [0.717, 1.165) is 24.6 Å². The molecule has 0 fully saturated rings. The molecule has 0 radical (unpaired) electrons. The van der Waals surface area contributed by atoms with Crippen LogP contribution in [0.25, 0.3) is 0 Å². The number of methoxy groups -OCH3 is 3. The maximum absolute atomic E-state index is 10.1. The number of carbonyl (C=O) groups is 2. The Bertz CT molecular complexity index is 1300. The molecule has 2 atom stereocenters. The van der Waals surface area contributed by atoms with Crippen LogP contribution in [0.15, 0.2) is 121 Å². The Labute approximate surface area is 328 Å².